The standard InChI is InChI=1S/C20H13ClN2OS/c21-15-8-10-16(11-9-15)23-19(24)18(22-20(23)25)12-14-6-3-5-13-4-1-2-7-17(13)14/h1-12H,(H,22,25)/b18-12-. The van der Waals surface area contributed by atoms with E-state index in [-0.39, 0.29) is 5.91 Å². The van der Waals surface area contributed by atoms with Crippen LogP contribution in [0.4, 0.5) is 5.69 Å². The third kappa shape index (κ3) is 2.90. The van der Waals surface area contributed by atoms with Gasteiger partial charge in [0.05, 0.1) is 5.69 Å². The van der Waals surface area contributed by atoms with E-state index in [1.165, 1.54) is 4.90 Å². The van der Waals surface area contributed by atoms with Crippen molar-refractivity contribution in [2.45, 2.75) is 0 Å². The molecule has 5 heteroatoms. The van der Waals surface area contributed by atoms with Crippen LogP contribution in [-0.4, -0.2) is 11.0 Å². The Kier molecular flexibility index (Phi) is 3.99. The highest BCUT2D eigenvalue weighted by Crippen LogP contribution is 2.26. The van der Waals surface area contributed by atoms with Crippen LogP contribution >= 0.6 is 23.8 Å². The van der Waals surface area contributed by atoms with E-state index < -0.39 is 0 Å². The lowest BCUT2D eigenvalue weighted by Gasteiger charge is -2.13. The Morgan fingerprint density at radius 1 is 0.960 bits per heavy atom. The monoisotopic (exact) mass is 364 g/mol. The van der Waals surface area contributed by atoms with Crippen LogP contribution in [0.5, 0.6) is 0 Å². The fourth-order valence-electron chi connectivity index (χ4n) is 2.89. The second-order valence-corrected chi connectivity index (χ2v) is 6.50. The molecule has 0 unspecified atom stereocenters. The number of fused-ring (bicyclic) bond motifs is 1. The highest BCUT2D eigenvalue weighted by molar-refractivity contribution is 7.80. The maximum absolute atomic E-state index is 12.8. The number of carbonyl (C=O) groups excluding carboxylic acids is 1. The van der Waals surface area contributed by atoms with Gasteiger partial charge < -0.3 is 5.32 Å². The van der Waals surface area contributed by atoms with Crippen molar-refractivity contribution in [3.05, 3.63) is 83.0 Å². The predicted molar refractivity (Wildman–Crippen MR) is 107 cm³/mol. The van der Waals surface area contributed by atoms with Crippen LogP contribution < -0.4 is 10.2 Å². The number of thiocarbonyl (C=S) groups is 1. The Balaban J connectivity index is 1.74. The summed E-state index contributed by atoms with van der Waals surface area (Å²) in [5.41, 5.74) is 2.11. The topological polar surface area (TPSA) is 32.3 Å². The lowest BCUT2D eigenvalue weighted by Crippen LogP contribution is -2.30. The number of carbonyl (C=O) groups is 1. The summed E-state index contributed by atoms with van der Waals surface area (Å²) in [6, 6.07) is 21.1. The average Bonchev–Trinajstić information content (AvgIpc) is 2.90. The van der Waals surface area contributed by atoms with Crippen molar-refractivity contribution in [2.24, 2.45) is 0 Å². The summed E-state index contributed by atoms with van der Waals surface area (Å²) in [7, 11) is 0. The molecule has 0 aliphatic carbocycles. The smallest absolute Gasteiger partial charge is 0.281 e. The molecule has 4 rings (SSSR count). The summed E-state index contributed by atoms with van der Waals surface area (Å²) in [5, 5.41) is 6.20. The zero-order valence-electron chi connectivity index (χ0n) is 13.1. The van der Waals surface area contributed by atoms with Crippen molar-refractivity contribution in [3.8, 4) is 0 Å². The van der Waals surface area contributed by atoms with Crippen molar-refractivity contribution >= 4 is 57.4 Å². The molecule has 3 aromatic carbocycles. The van der Waals surface area contributed by atoms with Crippen molar-refractivity contribution in [2.75, 3.05) is 4.90 Å². The first kappa shape index (κ1) is 15.8. The van der Waals surface area contributed by atoms with Crippen LogP contribution in [0.3, 0.4) is 0 Å². The van der Waals surface area contributed by atoms with Crippen molar-refractivity contribution in [1.82, 2.24) is 5.32 Å². The third-order valence-electron chi connectivity index (χ3n) is 4.09. The summed E-state index contributed by atoms with van der Waals surface area (Å²) < 4.78 is 0. The molecule has 1 N–H and O–H groups in total. The maximum atomic E-state index is 12.8. The van der Waals surface area contributed by atoms with E-state index in [9.17, 15) is 4.79 Å². The molecule has 1 amide bonds. The van der Waals surface area contributed by atoms with E-state index in [1.54, 1.807) is 24.3 Å². The Bertz CT molecular complexity index is 1020. The van der Waals surface area contributed by atoms with Gasteiger partial charge in [-0.1, -0.05) is 54.1 Å². The molecule has 0 bridgehead atoms. The SMILES string of the molecule is O=C1/C(=C/c2cccc3ccccc23)NC(=S)N1c1ccc(Cl)cc1. The molecular formula is C20H13ClN2OS. The molecule has 0 radical (unpaired) electrons. The molecule has 1 aliphatic heterocycles. The van der Waals surface area contributed by atoms with Crippen molar-refractivity contribution in [3.63, 3.8) is 0 Å². The average molecular weight is 365 g/mol. The van der Waals surface area contributed by atoms with Crippen LogP contribution in [0.1, 0.15) is 5.56 Å². The summed E-state index contributed by atoms with van der Waals surface area (Å²) in [5.74, 6) is -0.180. The fraction of sp³-hybridized carbons (Fsp3) is 0. The zero-order chi connectivity index (χ0) is 17.4. The summed E-state index contributed by atoms with van der Waals surface area (Å²) in [6.45, 7) is 0. The minimum Gasteiger partial charge on any atom is -0.327 e. The van der Waals surface area contributed by atoms with Crippen LogP contribution in [0, 0.1) is 0 Å². The van der Waals surface area contributed by atoms with E-state index in [0.717, 1.165) is 16.3 Å². The van der Waals surface area contributed by atoms with Gasteiger partial charge in [-0.2, -0.15) is 0 Å². The highest BCUT2D eigenvalue weighted by Gasteiger charge is 2.31. The van der Waals surface area contributed by atoms with Crippen LogP contribution in [0.15, 0.2) is 72.4 Å². The third-order valence-corrected chi connectivity index (χ3v) is 4.62. The molecule has 0 atom stereocenters. The molecule has 3 aromatic rings. The number of amides is 1. The number of halogens is 1. The van der Waals surface area contributed by atoms with E-state index in [0.29, 0.717) is 21.5 Å². The van der Waals surface area contributed by atoms with Gasteiger partial charge in [-0.3, -0.25) is 9.69 Å². The number of benzene rings is 3. The summed E-state index contributed by atoms with van der Waals surface area (Å²) in [4.78, 5) is 14.3. The number of nitrogens with one attached hydrogen (secondary N) is 1. The van der Waals surface area contributed by atoms with Gasteiger partial charge in [-0.15, -0.1) is 0 Å². The number of rotatable bonds is 2. The van der Waals surface area contributed by atoms with E-state index >= 15 is 0 Å². The molecule has 0 saturated carbocycles. The quantitative estimate of drug-likeness (QED) is 0.526. The van der Waals surface area contributed by atoms with Gasteiger partial charge in [0, 0.05) is 5.02 Å². The molecule has 0 aromatic heterocycles. The van der Waals surface area contributed by atoms with Crippen LogP contribution in [0.25, 0.3) is 16.8 Å². The minimum atomic E-state index is -0.180. The largest absolute Gasteiger partial charge is 0.327 e. The Morgan fingerprint density at radius 3 is 2.48 bits per heavy atom. The van der Waals surface area contributed by atoms with Gasteiger partial charge in [0.15, 0.2) is 5.11 Å². The minimum absolute atomic E-state index is 0.180. The summed E-state index contributed by atoms with van der Waals surface area (Å²) in [6.07, 6.45) is 1.84. The predicted octanol–water partition coefficient (Wildman–Crippen LogP) is 4.76. The van der Waals surface area contributed by atoms with Crippen LogP contribution in [-0.2, 0) is 4.79 Å². The first-order valence-electron chi connectivity index (χ1n) is 7.74. The van der Waals surface area contributed by atoms with Crippen molar-refractivity contribution < 1.29 is 4.79 Å². The number of hydrogen-bond acceptors (Lipinski definition) is 2. The van der Waals surface area contributed by atoms with E-state index in [1.807, 2.05) is 48.5 Å². The molecule has 0 spiro atoms. The second-order valence-electron chi connectivity index (χ2n) is 5.67. The molecule has 1 saturated heterocycles. The lowest BCUT2D eigenvalue weighted by atomic mass is 10.0. The number of nitrogens with zero attached hydrogens (tertiary/aromatic N) is 1. The summed E-state index contributed by atoms with van der Waals surface area (Å²) >= 11 is 11.3. The number of anilines is 1. The van der Waals surface area contributed by atoms with Crippen molar-refractivity contribution in [1.29, 1.82) is 0 Å². The molecule has 3 nitrogen and oxygen atoms in total. The van der Waals surface area contributed by atoms with Gasteiger partial charge in [0.1, 0.15) is 5.70 Å². The van der Waals surface area contributed by atoms with Crippen LogP contribution in [0.2, 0.25) is 5.02 Å². The molecular weight excluding hydrogens is 352 g/mol. The molecule has 1 aliphatic rings. The first-order chi connectivity index (χ1) is 12.1. The van der Waals surface area contributed by atoms with Gasteiger partial charge in [-0.05, 0) is 58.9 Å². The molecule has 122 valence electrons. The van der Waals surface area contributed by atoms with Gasteiger partial charge in [0.25, 0.3) is 5.91 Å². The Morgan fingerprint density at radius 2 is 1.68 bits per heavy atom. The van der Waals surface area contributed by atoms with Gasteiger partial charge >= 0.3 is 0 Å². The van der Waals surface area contributed by atoms with E-state index in [4.69, 9.17) is 23.8 Å². The van der Waals surface area contributed by atoms with Gasteiger partial charge in [0.2, 0.25) is 0 Å². The Hall–Kier alpha value is -2.69. The highest BCUT2D eigenvalue weighted by atomic mass is 35.5. The lowest BCUT2D eigenvalue weighted by molar-refractivity contribution is -0.113. The zero-order valence-corrected chi connectivity index (χ0v) is 14.6. The Labute approximate surface area is 155 Å². The normalized spacial score (nSPS) is 15.9. The fourth-order valence-corrected chi connectivity index (χ4v) is 3.32. The maximum Gasteiger partial charge on any atom is 0.281 e. The first-order valence-corrected chi connectivity index (χ1v) is 8.52. The van der Waals surface area contributed by atoms with E-state index in [2.05, 4.69) is 5.32 Å². The molecule has 25 heavy (non-hydrogen) atoms. The second kappa shape index (κ2) is 6.31. The van der Waals surface area contributed by atoms with Gasteiger partial charge in [-0.25, -0.2) is 0 Å². The molecule has 1 heterocycles. The number of hydrogen-bond donors (Lipinski definition) is 1. The molecule has 1 fully saturated rings.